The summed E-state index contributed by atoms with van der Waals surface area (Å²) < 4.78 is 0. The summed E-state index contributed by atoms with van der Waals surface area (Å²) >= 11 is 0. The number of aliphatic hydroxyl groups is 1. The van der Waals surface area contributed by atoms with Gasteiger partial charge in [0, 0.05) is 13.2 Å². The second-order valence-electron chi connectivity index (χ2n) is 4.49. The van der Waals surface area contributed by atoms with Gasteiger partial charge in [-0.2, -0.15) is 0 Å². The highest BCUT2D eigenvalue weighted by atomic mass is 16.3. The van der Waals surface area contributed by atoms with Crippen LogP contribution in [0.1, 0.15) is 19.3 Å². The Labute approximate surface area is 85.3 Å². The molecule has 2 N–H and O–H groups in total. The van der Waals surface area contributed by atoms with E-state index in [-0.39, 0.29) is 17.9 Å². The molecule has 1 aliphatic rings. The van der Waals surface area contributed by atoms with Gasteiger partial charge in [0.05, 0.1) is 6.54 Å². The molecule has 0 bridgehead atoms. The Morgan fingerprint density at radius 1 is 1.50 bits per heavy atom. The van der Waals surface area contributed by atoms with E-state index in [0.717, 1.165) is 25.8 Å². The van der Waals surface area contributed by atoms with Gasteiger partial charge in [-0.1, -0.05) is 0 Å². The number of nitrogens with one attached hydrogen (secondary N) is 1. The van der Waals surface area contributed by atoms with E-state index < -0.39 is 0 Å². The van der Waals surface area contributed by atoms with Crippen molar-refractivity contribution in [3.05, 3.63) is 0 Å². The molecule has 0 saturated heterocycles. The van der Waals surface area contributed by atoms with Crippen molar-refractivity contribution in [3.8, 4) is 0 Å². The zero-order chi connectivity index (χ0) is 10.6. The van der Waals surface area contributed by atoms with Crippen LogP contribution in [0.5, 0.6) is 0 Å². The molecule has 1 aliphatic carbocycles. The second kappa shape index (κ2) is 4.75. The Balaban J connectivity index is 2.17. The van der Waals surface area contributed by atoms with Crippen molar-refractivity contribution in [2.24, 2.45) is 5.41 Å². The number of amides is 1. The zero-order valence-corrected chi connectivity index (χ0v) is 9.05. The lowest BCUT2D eigenvalue weighted by Gasteiger charge is -2.15. The van der Waals surface area contributed by atoms with E-state index in [2.05, 4.69) is 5.32 Å². The van der Waals surface area contributed by atoms with E-state index >= 15 is 0 Å². The van der Waals surface area contributed by atoms with Crippen molar-refractivity contribution in [1.29, 1.82) is 0 Å². The fraction of sp³-hybridized carbons (Fsp3) is 0.900. The third-order valence-corrected chi connectivity index (χ3v) is 2.72. The maximum atomic E-state index is 11.3. The average molecular weight is 200 g/mol. The first-order chi connectivity index (χ1) is 6.58. The van der Waals surface area contributed by atoms with Crippen molar-refractivity contribution in [3.63, 3.8) is 0 Å². The standard InChI is InChI=1S/C10H20N2O2/c1-12(2)7-9(14)11-8-10(3-4-10)5-6-13/h13H,3-8H2,1-2H3,(H,11,14). The molecule has 1 fully saturated rings. The van der Waals surface area contributed by atoms with E-state index in [1.807, 2.05) is 19.0 Å². The molecule has 82 valence electrons. The normalized spacial score (nSPS) is 18.3. The van der Waals surface area contributed by atoms with Crippen LogP contribution in [0, 0.1) is 5.41 Å². The molecule has 0 heterocycles. The van der Waals surface area contributed by atoms with Crippen LogP contribution in [-0.2, 0) is 4.79 Å². The molecule has 1 saturated carbocycles. The minimum absolute atomic E-state index is 0.0687. The summed E-state index contributed by atoms with van der Waals surface area (Å²) in [4.78, 5) is 13.2. The minimum atomic E-state index is 0.0687. The van der Waals surface area contributed by atoms with Gasteiger partial charge in [0.1, 0.15) is 0 Å². The van der Waals surface area contributed by atoms with Crippen LogP contribution >= 0.6 is 0 Å². The molecule has 4 nitrogen and oxygen atoms in total. The second-order valence-corrected chi connectivity index (χ2v) is 4.49. The highest BCUT2D eigenvalue weighted by Crippen LogP contribution is 2.47. The van der Waals surface area contributed by atoms with E-state index in [4.69, 9.17) is 5.11 Å². The first-order valence-electron chi connectivity index (χ1n) is 5.10. The quantitative estimate of drug-likeness (QED) is 0.626. The predicted molar refractivity (Wildman–Crippen MR) is 54.9 cm³/mol. The van der Waals surface area contributed by atoms with Gasteiger partial charge in [-0.05, 0) is 38.8 Å². The Kier molecular flexibility index (Phi) is 3.89. The number of rotatable bonds is 6. The zero-order valence-electron chi connectivity index (χ0n) is 9.05. The smallest absolute Gasteiger partial charge is 0.234 e. The number of carbonyl (C=O) groups is 1. The maximum absolute atomic E-state index is 11.3. The van der Waals surface area contributed by atoms with Crippen molar-refractivity contribution in [2.45, 2.75) is 19.3 Å². The Morgan fingerprint density at radius 2 is 2.14 bits per heavy atom. The summed E-state index contributed by atoms with van der Waals surface area (Å²) in [7, 11) is 3.75. The topological polar surface area (TPSA) is 52.6 Å². The summed E-state index contributed by atoms with van der Waals surface area (Å²) in [6.45, 7) is 1.39. The largest absolute Gasteiger partial charge is 0.396 e. The van der Waals surface area contributed by atoms with E-state index in [0.29, 0.717) is 6.54 Å². The first kappa shape index (κ1) is 11.5. The summed E-state index contributed by atoms with van der Waals surface area (Å²) in [5.41, 5.74) is 0.219. The fourth-order valence-corrected chi connectivity index (χ4v) is 1.56. The van der Waals surface area contributed by atoms with Gasteiger partial charge in [0.25, 0.3) is 0 Å². The lowest BCUT2D eigenvalue weighted by atomic mass is 10.0. The van der Waals surface area contributed by atoms with E-state index in [1.54, 1.807) is 0 Å². The molecule has 1 amide bonds. The molecular weight excluding hydrogens is 180 g/mol. The lowest BCUT2D eigenvalue weighted by molar-refractivity contribution is -0.122. The molecule has 0 aromatic carbocycles. The van der Waals surface area contributed by atoms with E-state index in [1.165, 1.54) is 0 Å². The van der Waals surface area contributed by atoms with Gasteiger partial charge in [0.15, 0.2) is 0 Å². The van der Waals surface area contributed by atoms with Gasteiger partial charge in [0.2, 0.25) is 5.91 Å². The molecule has 0 spiro atoms. The van der Waals surface area contributed by atoms with Gasteiger partial charge in [-0.3, -0.25) is 4.79 Å². The first-order valence-corrected chi connectivity index (χ1v) is 5.10. The summed E-state index contributed by atoms with van der Waals surface area (Å²) in [6.07, 6.45) is 3.08. The Morgan fingerprint density at radius 3 is 2.57 bits per heavy atom. The number of nitrogens with zero attached hydrogens (tertiary/aromatic N) is 1. The summed E-state index contributed by atoms with van der Waals surface area (Å²) in [6, 6.07) is 0. The SMILES string of the molecule is CN(C)CC(=O)NCC1(CCO)CC1. The van der Waals surface area contributed by atoms with Gasteiger partial charge in [-0.25, -0.2) is 0 Å². The Bertz CT molecular complexity index is 200. The third-order valence-electron chi connectivity index (χ3n) is 2.72. The van der Waals surface area contributed by atoms with Crippen molar-refractivity contribution in [1.82, 2.24) is 10.2 Å². The van der Waals surface area contributed by atoms with Gasteiger partial charge < -0.3 is 15.3 Å². The molecule has 0 unspecified atom stereocenters. The average Bonchev–Trinajstić information content (AvgIpc) is 2.82. The predicted octanol–water partition coefficient (Wildman–Crippen LogP) is -0.173. The Hall–Kier alpha value is -0.610. The number of carbonyl (C=O) groups excluding carboxylic acids is 1. The summed E-state index contributed by atoms with van der Waals surface area (Å²) in [5.74, 6) is 0.0687. The van der Waals surface area contributed by atoms with Crippen LogP contribution in [0.2, 0.25) is 0 Å². The molecule has 0 atom stereocenters. The lowest BCUT2D eigenvalue weighted by Crippen LogP contribution is -2.36. The molecule has 0 aliphatic heterocycles. The third kappa shape index (κ3) is 3.64. The minimum Gasteiger partial charge on any atom is -0.396 e. The van der Waals surface area contributed by atoms with Crippen LogP contribution in [0.3, 0.4) is 0 Å². The summed E-state index contributed by atoms with van der Waals surface area (Å²) in [5, 5.41) is 11.7. The highest BCUT2D eigenvalue weighted by Gasteiger charge is 2.41. The maximum Gasteiger partial charge on any atom is 0.234 e. The van der Waals surface area contributed by atoms with Crippen LogP contribution in [0.4, 0.5) is 0 Å². The monoisotopic (exact) mass is 200 g/mol. The molecule has 14 heavy (non-hydrogen) atoms. The van der Waals surface area contributed by atoms with Crippen molar-refractivity contribution >= 4 is 5.91 Å². The van der Waals surface area contributed by atoms with E-state index in [9.17, 15) is 4.79 Å². The van der Waals surface area contributed by atoms with Crippen LogP contribution in [0.25, 0.3) is 0 Å². The van der Waals surface area contributed by atoms with Crippen LogP contribution in [-0.4, -0.2) is 49.7 Å². The number of aliphatic hydroxyl groups excluding tert-OH is 1. The van der Waals surface area contributed by atoms with Gasteiger partial charge in [-0.15, -0.1) is 0 Å². The van der Waals surface area contributed by atoms with Gasteiger partial charge >= 0.3 is 0 Å². The molecular formula is C10H20N2O2. The number of hydrogen-bond donors (Lipinski definition) is 2. The molecule has 0 aromatic heterocycles. The van der Waals surface area contributed by atoms with Crippen LogP contribution < -0.4 is 5.32 Å². The molecule has 0 radical (unpaired) electrons. The highest BCUT2D eigenvalue weighted by molar-refractivity contribution is 5.78. The van der Waals surface area contributed by atoms with Crippen molar-refractivity contribution in [2.75, 3.05) is 33.8 Å². The van der Waals surface area contributed by atoms with Crippen LogP contribution in [0.15, 0.2) is 0 Å². The molecule has 1 rings (SSSR count). The number of likely N-dealkylation sites (N-methyl/N-ethyl adjacent to an activating group) is 1. The number of hydrogen-bond acceptors (Lipinski definition) is 3. The molecule has 4 heteroatoms. The van der Waals surface area contributed by atoms with Crippen molar-refractivity contribution < 1.29 is 9.90 Å². The molecule has 0 aromatic rings. The fourth-order valence-electron chi connectivity index (χ4n) is 1.56.